The molecule has 0 radical (unpaired) electrons. The Morgan fingerprint density at radius 1 is 1.03 bits per heavy atom. The molecule has 4 atom stereocenters. The van der Waals surface area contributed by atoms with E-state index in [2.05, 4.69) is 34.1 Å². The van der Waals surface area contributed by atoms with Gasteiger partial charge in [0.2, 0.25) is 5.91 Å². The van der Waals surface area contributed by atoms with E-state index in [1.165, 1.54) is 5.56 Å². The Morgan fingerprint density at radius 2 is 1.86 bits per heavy atom. The molecule has 4 heterocycles. The van der Waals surface area contributed by atoms with Crippen molar-refractivity contribution in [1.29, 1.82) is 0 Å². The summed E-state index contributed by atoms with van der Waals surface area (Å²) >= 11 is 0. The summed E-state index contributed by atoms with van der Waals surface area (Å²) in [6, 6.07) is 12.7. The number of hydrogen-bond acceptors (Lipinski definition) is 7. The number of aliphatic hydroxyl groups is 1. The van der Waals surface area contributed by atoms with Crippen molar-refractivity contribution in [2.24, 2.45) is 0 Å². The summed E-state index contributed by atoms with van der Waals surface area (Å²) < 4.78 is 17.6. The van der Waals surface area contributed by atoms with Crippen LogP contribution in [0.2, 0.25) is 0 Å². The maximum absolute atomic E-state index is 12.8. The summed E-state index contributed by atoms with van der Waals surface area (Å²) in [5.41, 5.74) is 3.48. The van der Waals surface area contributed by atoms with Gasteiger partial charge in [0.05, 0.1) is 51.2 Å². The number of pyridine rings is 1. The Bertz CT molecular complexity index is 968. The lowest BCUT2D eigenvalue weighted by molar-refractivity contribution is -0.162. The standard InChI is InChI=1S/C27H35N3O5/c31-23-17-30(16-20-2-1-3-22(14-20)21-6-8-28-9-7-21)25-5-4-24(35-26(25)19-34-18-23)15-27(32)29-10-12-33-13-11-29/h1-3,6-9,14,23-26,31H,4-5,10-13,15-19H2/t23-,24-,25-,26+/m1/s1. The number of carbonyl (C=O) groups is 1. The molecule has 1 amide bonds. The number of morpholine rings is 1. The molecule has 0 spiro atoms. The van der Waals surface area contributed by atoms with Gasteiger partial charge in [-0.1, -0.05) is 18.2 Å². The summed E-state index contributed by atoms with van der Waals surface area (Å²) in [6.07, 6.45) is 4.98. The third-order valence-electron chi connectivity index (χ3n) is 7.18. The van der Waals surface area contributed by atoms with E-state index >= 15 is 0 Å². The van der Waals surface area contributed by atoms with Gasteiger partial charge in [-0.15, -0.1) is 0 Å². The fraction of sp³-hybridized carbons (Fsp3) is 0.556. The van der Waals surface area contributed by atoms with Crippen LogP contribution in [0.1, 0.15) is 24.8 Å². The first-order valence-electron chi connectivity index (χ1n) is 12.7. The van der Waals surface area contributed by atoms with Gasteiger partial charge in [0.15, 0.2) is 0 Å². The van der Waals surface area contributed by atoms with Gasteiger partial charge < -0.3 is 24.2 Å². The largest absolute Gasteiger partial charge is 0.389 e. The van der Waals surface area contributed by atoms with Crippen LogP contribution in [-0.2, 0) is 25.5 Å². The second kappa shape index (κ2) is 11.6. The van der Waals surface area contributed by atoms with Crippen molar-refractivity contribution in [3.05, 3.63) is 54.4 Å². The molecule has 5 rings (SSSR count). The van der Waals surface area contributed by atoms with Gasteiger partial charge in [-0.05, 0) is 47.7 Å². The average molecular weight is 482 g/mol. The molecule has 188 valence electrons. The molecular weight excluding hydrogens is 446 g/mol. The summed E-state index contributed by atoms with van der Waals surface area (Å²) in [5.74, 6) is 0.142. The van der Waals surface area contributed by atoms with Crippen LogP contribution in [0, 0.1) is 0 Å². The first kappa shape index (κ1) is 24.3. The zero-order chi connectivity index (χ0) is 24.0. The molecule has 8 nitrogen and oxygen atoms in total. The van der Waals surface area contributed by atoms with E-state index < -0.39 is 6.10 Å². The number of amides is 1. The maximum Gasteiger partial charge on any atom is 0.225 e. The van der Waals surface area contributed by atoms with Crippen LogP contribution >= 0.6 is 0 Å². The van der Waals surface area contributed by atoms with Crippen LogP contribution in [0.4, 0.5) is 0 Å². The van der Waals surface area contributed by atoms with Gasteiger partial charge >= 0.3 is 0 Å². The monoisotopic (exact) mass is 481 g/mol. The summed E-state index contributed by atoms with van der Waals surface area (Å²) in [7, 11) is 0. The van der Waals surface area contributed by atoms with Crippen molar-refractivity contribution < 1.29 is 24.1 Å². The predicted octanol–water partition coefficient (Wildman–Crippen LogP) is 2.11. The third kappa shape index (κ3) is 6.26. The molecule has 0 bridgehead atoms. The third-order valence-corrected chi connectivity index (χ3v) is 7.18. The van der Waals surface area contributed by atoms with Crippen molar-refractivity contribution in [2.75, 3.05) is 46.1 Å². The number of rotatable bonds is 5. The Hall–Kier alpha value is -2.36. The minimum absolute atomic E-state index is 0.101. The quantitative estimate of drug-likeness (QED) is 0.700. The molecule has 1 aromatic carbocycles. The zero-order valence-electron chi connectivity index (χ0n) is 20.1. The van der Waals surface area contributed by atoms with E-state index in [-0.39, 0.29) is 30.8 Å². The zero-order valence-corrected chi connectivity index (χ0v) is 20.1. The highest BCUT2D eigenvalue weighted by molar-refractivity contribution is 5.76. The highest BCUT2D eigenvalue weighted by Crippen LogP contribution is 2.30. The summed E-state index contributed by atoms with van der Waals surface area (Å²) in [5, 5.41) is 10.5. The van der Waals surface area contributed by atoms with Crippen molar-refractivity contribution in [1.82, 2.24) is 14.8 Å². The molecular formula is C27H35N3O5. The van der Waals surface area contributed by atoms with Gasteiger partial charge in [-0.3, -0.25) is 14.7 Å². The van der Waals surface area contributed by atoms with Gasteiger partial charge in [0, 0.05) is 44.6 Å². The molecule has 1 N–H and O–H groups in total. The second-order valence-corrected chi connectivity index (χ2v) is 9.70. The SMILES string of the molecule is O=C(C[C@H]1CC[C@@H]2[C@H](COC[C@H](O)CN2Cc2cccc(-c3ccncc3)c2)O1)N1CCOCC1. The van der Waals surface area contributed by atoms with E-state index in [9.17, 15) is 9.90 Å². The molecule has 8 heteroatoms. The van der Waals surface area contributed by atoms with E-state index in [1.807, 2.05) is 17.0 Å². The lowest BCUT2D eigenvalue weighted by atomic mass is 9.94. The molecule has 0 unspecified atom stereocenters. The van der Waals surface area contributed by atoms with Crippen LogP contribution in [0.5, 0.6) is 0 Å². The van der Waals surface area contributed by atoms with Gasteiger partial charge in [0.25, 0.3) is 0 Å². The fourth-order valence-electron chi connectivity index (χ4n) is 5.39. The first-order chi connectivity index (χ1) is 17.2. The van der Waals surface area contributed by atoms with Crippen LogP contribution in [-0.4, -0.2) is 96.2 Å². The molecule has 2 aromatic rings. The fourth-order valence-corrected chi connectivity index (χ4v) is 5.39. The summed E-state index contributed by atoms with van der Waals surface area (Å²) in [4.78, 5) is 21.1. The van der Waals surface area contributed by atoms with Crippen molar-refractivity contribution in [2.45, 2.75) is 50.2 Å². The smallest absolute Gasteiger partial charge is 0.225 e. The average Bonchev–Trinajstić information content (AvgIpc) is 2.89. The summed E-state index contributed by atoms with van der Waals surface area (Å²) in [6.45, 7) is 4.50. The molecule has 3 fully saturated rings. The van der Waals surface area contributed by atoms with E-state index in [0.717, 1.165) is 30.5 Å². The van der Waals surface area contributed by atoms with Crippen molar-refractivity contribution in [3.8, 4) is 11.1 Å². The first-order valence-corrected chi connectivity index (χ1v) is 12.7. The number of β-amino-alcohol motifs (C(OH)–C–C–N with tert-alkyl or cyclic N) is 1. The van der Waals surface area contributed by atoms with Crippen molar-refractivity contribution in [3.63, 3.8) is 0 Å². The number of hydrogen-bond donors (Lipinski definition) is 1. The molecule has 1 aromatic heterocycles. The topological polar surface area (TPSA) is 84.4 Å². The van der Waals surface area contributed by atoms with Gasteiger partial charge in [-0.25, -0.2) is 0 Å². The van der Waals surface area contributed by atoms with Crippen LogP contribution in [0.3, 0.4) is 0 Å². The molecule has 0 aliphatic carbocycles. The highest BCUT2D eigenvalue weighted by atomic mass is 16.5. The number of aliphatic hydroxyl groups excluding tert-OH is 1. The van der Waals surface area contributed by atoms with Crippen molar-refractivity contribution >= 4 is 5.91 Å². The lowest BCUT2D eigenvalue weighted by Gasteiger charge is -2.44. The number of nitrogens with zero attached hydrogens (tertiary/aromatic N) is 3. The minimum atomic E-state index is -0.542. The number of fused-ring (bicyclic) bond motifs is 1. The normalized spacial score (nSPS) is 28.1. The minimum Gasteiger partial charge on any atom is -0.389 e. The maximum atomic E-state index is 12.8. The number of aromatic nitrogens is 1. The molecule has 3 aliphatic rings. The Morgan fingerprint density at radius 3 is 2.69 bits per heavy atom. The predicted molar refractivity (Wildman–Crippen MR) is 131 cm³/mol. The number of ether oxygens (including phenoxy) is 3. The molecule has 0 saturated carbocycles. The number of benzene rings is 1. The Balaban J connectivity index is 1.26. The van der Waals surface area contributed by atoms with E-state index in [1.54, 1.807) is 12.4 Å². The molecule has 3 saturated heterocycles. The van der Waals surface area contributed by atoms with Crippen LogP contribution in [0.25, 0.3) is 11.1 Å². The van der Waals surface area contributed by atoms with Crippen LogP contribution < -0.4 is 0 Å². The lowest BCUT2D eigenvalue weighted by Crippen LogP contribution is -2.55. The second-order valence-electron chi connectivity index (χ2n) is 9.70. The highest BCUT2D eigenvalue weighted by Gasteiger charge is 2.38. The van der Waals surface area contributed by atoms with Gasteiger partial charge in [0.1, 0.15) is 0 Å². The van der Waals surface area contributed by atoms with Gasteiger partial charge in [-0.2, -0.15) is 0 Å². The number of carbonyl (C=O) groups excluding carboxylic acids is 1. The van der Waals surface area contributed by atoms with E-state index in [4.69, 9.17) is 14.2 Å². The molecule has 35 heavy (non-hydrogen) atoms. The molecule has 3 aliphatic heterocycles. The van der Waals surface area contributed by atoms with Crippen LogP contribution in [0.15, 0.2) is 48.8 Å². The Kier molecular flexibility index (Phi) is 8.06. The Labute approximate surface area is 206 Å². The van der Waals surface area contributed by atoms with E-state index in [0.29, 0.717) is 45.9 Å².